The van der Waals surface area contributed by atoms with Crippen LogP contribution in [0, 0.1) is 5.92 Å². The van der Waals surface area contributed by atoms with Crippen molar-refractivity contribution < 1.29 is 18.8 Å². The number of amides is 2. The molecule has 1 aliphatic heterocycles. The van der Waals surface area contributed by atoms with Crippen LogP contribution in [0.3, 0.4) is 0 Å². The number of rotatable bonds is 11. The molecule has 2 aliphatic rings. The predicted octanol–water partition coefficient (Wildman–Crippen LogP) is 3.11. The molecule has 0 spiro atoms. The lowest BCUT2D eigenvalue weighted by atomic mass is 9.93. The van der Waals surface area contributed by atoms with E-state index < -0.39 is 0 Å². The summed E-state index contributed by atoms with van der Waals surface area (Å²) in [5.74, 6) is 1.61. The van der Waals surface area contributed by atoms with Gasteiger partial charge in [0.2, 0.25) is 17.6 Å². The summed E-state index contributed by atoms with van der Waals surface area (Å²) in [7, 11) is 1.61. The summed E-state index contributed by atoms with van der Waals surface area (Å²) < 4.78 is 10.4. The Kier molecular flexibility index (Phi) is 7.59. The van der Waals surface area contributed by atoms with Gasteiger partial charge in [-0.25, -0.2) is 0 Å². The van der Waals surface area contributed by atoms with Crippen LogP contribution in [0.4, 0.5) is 0 Å². The molecule has 4 rings (SSSR count). The molecule has 10 heteroatoms. The van der Waals surface area contributed by atoms with Crippen LogP contribution in [0.5, 0.6) is 5.75 Å². The Morgan fingerprint density at radius 1 is 1.12 bits per heavy atom. The van der Waals surface area contributed by atoms with Crippen LogP contribution in [0.2, 0.25) is 0 Å². The summed E-state index contributed by atoms with van der Waals surface area (Å²) in [5, 5.41) is 17.8. The van der Waals surface area contributed by atoms with Gasteiger partial charge < -0.3 is 19.9 Å². The van der Waals surface area contributed by atoms with E-state index in [0.29, 0.717) is 37.0 Å². The Labute approximate surface area is 196 Å². The number of benzene rings is 1. The molecule has 1 unspecified atom stereocenters. The van der Waals surface area contributed by atoms with E-state index in [1.165, 1.54) is 0 Å². The standard InChI is InChI=1S/C24H26N6O4/c1-33-17-10-8-16(9-11-17)22-27-21(34-30-22)13-12-20(31)25-14-4-5-15-26-23-18-6-2-3-7-19(18)24(32)29-28-23/h2-3,6-11,19,26H,4-5,12-15H2,1H3,(H,25,31). The van der Waals surface area contributed by atoms with E-state index in [2.05, 4.69) is 31.0 Å². The zero-order valence-electron chi connectivity index (χ0n) is 18.9. The summed E-state index contributed by atoms with van der Waals surface area (Å²) in [6.07, 6.45) is 9.71. The van der Waals surface area contributed by atoms with Gasteiger partial charge in [0, 0.05) is 37.1 Å². The highest BCUT2D eigenvalue weighted by molar-refractivity contribution is 5.86. The number of unbranched alkanes of at least 4 members (excludes halogenated alkanes) is 1. The van der Waals surface area contributed by atoms with E-state index in [1.54, 1.807) is 7.11 Å². The fourth-order valence-electron chi connectivity index (χ4n) is 3.55. The third kappa shape index (κ3) is 5.83. The van der Waals surface area contributed by atoms with Gasteiger partial charge in [0.05, 0.1) is 13.0 Å². The minimum absolute atomic E-state index is 0.0661. The lowest BCUT2D eigenvalue weighted by molar-refractivity contribution is -0.121. The largest absolute Gasteiger partial charge is 0.497 e. The number of fused-ring (bicyclic) bond motifs is 1. The molecule has 0 radical (unpaired) electrons. The number of hydrogen-bond acceptors (Lipinski definition) is 8. The highest BCUT2D eigenvalue weighted by Gasteiger charge is 2.26. The summed E-state index contributed by atoms with van der Waals surface area (Å²) >= 11 is 0. The van der Waals surface area contributed by atoms with E-state index in [-0.39, 0.29) is 24.2 Å². The Morgan fingerprint density at radius 3 is 2.76 bits per heavy atom. The molecule has 1 atom stereocenters. The summed E-state index contributed by atoms with van der Waals surface area (Å²) in [5.41, 5.74) is 1.66. The second-order valence-electron chi connectivity index (χ2n) is 7.79. The molecule has 2 heterocycles. The average Bonchev–Trinajstić information content (AvgIpc) is 3.35. The van der Waals surface area contributed by atoms with Gasteiger partial charge in [0.25, 0.3) is 5.91 Å². The number of aromatic nitrogens is 2. The second kappa shape index (κ2) is 11.2. The van der Waals surface area contributed by atoms with Gasteiger partial charge in [-0.2, -0.15) is 4.98 Å². The Hall–Kier alpha value is -4.08. The fraction of sp³-hybridized carbons (Fsp3) is 0.333. The number of carbonyl (C=O) groups excluding carboxylic acids is 2. The van der Waals surface area contributed by atoms with Crippen molar-refractivity contribution in [3.8, 4) is 17.1 Å². The zero-order valence-corrected chi connectivity index (χ0v) is 18.9. The predicted molar refractivity (Wildman–Crippen MR) is 124 cm³/mol. The molecule has 1 aliphatic carbocycles. The number of nitrogens with zero attached hydrogens (tertiary/aromatic N) is 4. The molecule has 34 heavy (non-hydrogen) atoms. The normalized spacial score (nSPS) is 16.5. The molecule has 0 saturated heterocycles. The van der Waals surface area contributed by atoms with Gasteiger partial charge in [-0.15, -0.1) is 10.2 Å². The maximum absolute atomic E-state index is 12.1. The van der Waals surface area contributed by atoms with Crippen LogP contribution in [0.25, 0.3) is 11.4 Å². The number of aryl methyl sites for hydroxylation is 1. The number of allylic oxidation sites excluding steroid dienone is 3. The van der Waals surface area contributed by atoms with Crippen LogP contribution in [0.15, 0.2) is 74.7 Å². The second-order valence-corrected chi connectivity index (χ2v) is 7.79. The van der Waals surface area contributed by atoms with Gasteiger partial charge in [-0.3, -0.25) is 9.59 Å². The first-order valence-electron chi connectivity index (χ1n) is 11.2. The number of ether oxygens (including phenoxy) is 1. The Morgan fingerprint density at radius 2 is 1.94 bits per heavy atom. The van der Waals surface area contributed by atoms with Gasteiger partial charge in [-0.1, -0.05) is 29.5 Å². The molecule has 10 nitrogen and oxygen atoms in total. The molecule has 0 fully saturated rings. The molecule has 2 amide bonds. The van der Waals surface area contributed by atoms with Crippen molar-refractivity contribution >= 4 is 11.8 Å². The van der Waals surface area contributed by atoms with Gasteiger partial charge in [-0.05, 0) is 37.1 Å². The number of carbonyl (C=O) groups is 2. The first-order valence-corrected chi connectivity index (χ1v) is 11.2. The van der Waals surface area contributed by atoms with Crippen LogP contribution in [-0.2, 0) is 16.0 Å². The third-order valence-corrected chi connectivity index (χ3v) is 5.41. The minimum Gasteiger partial charge on any atom is -0.497 e. The van der Waals surface area contributed by atoms with Crippen molar-refractivity contribution in [3.05, 3.63) is 65.9 Å². The summed E-state index contributed by atoms with van der Waals surface area (Å²) in [4.78, 5) is 28.3. The molecule has 1 aromatic carbocycles. The van der Waals surface area contributed by atoms with E-state index in [4.69, 9.17) is 9.26 Å². The maximum Gasteiger partial charge on any atom is 0.276 e. The molecule has 0 saturated carbocycles. The first-order chi connectivity index (χ1) is 16.6. The highest BCUT2D eigenvalue weighted by Crippen LogP contribution is 2.27. The Balaban J connectivity index is 1.12. The van der Waals surface area contributed by atoms with Crippen LogP contribution < -0.4 is 15.4 Å². The molecule has 2 aromatic rings. The van der Waals surface area contributed by atoms with E-state index in [0.717, 1.165) is 29.7 Å². The van der Waals surface area contributed by atoms with Gasteiger partial charge in [0.1, 0.15) is 5.75 Å². The van der Waals surface area contributed by atoms with E-state index in [9.17, 15) is 9.59 Å². The average molecular weight is 463 g/mol. The van der Waals surface area contributed by atoms with Crippen molar-refractivity contribution in [1.29, 1.82) is 0 Å². The molecule has 1 aromatic heterocycles. The van der Waals surface area contributed by atoms with Crippen molar-refractivity contribution in [2.24, 2.45) is 16.1 Å². The van der Waals surface area contributed by atoms with Gasteiger partial charge >= 0.3 is 0 Å². The monoisotopic (exact) mass is 462 g/mol. The molecular weight excluding hydrogens is 436 g/mol. The highest BCUT2D eigenvalue weighted by atomic mass is 16.5. The number of methoxy groups -OCH3 is 1. The van der Waals surface area contributed by atoms with Crippen molar-refractivity contribution in [3.63, 3.8) is 0 Å². The number of nitrogens with one attached hydrogen (secondary N) is 2. The first kappa shape index (κ1) is 23.1. The SMILES string of the molecule is COc1ccc(-c2noc(CCC(=O)NCCCCNC3=C4C=CC=CC4C(=O)N=N3)n2)cc1. The third-order valence-electron chi connectivity index (χ3n) is 5.41. The summed E-state index contributed by atoms with van der Waals surface area (Å²) in [6, 6.07) is 7.36. The van der Waals surface area contributed by atoms with Crippen molar-refractivity contribution in [1.82, 2.24) is 20.8 Å². The lowest BCUT2D eigenvalue weighted by Crippen LogP contribution is -2.26. The lowest BCUT2D eigenvalue weighted by Gasteiger charge is -2.20. The smallest absolute Gasteiger partial charge is 0.276 e. The van der Waals surface area contributed by atoms with Gasteiger partial charge in [0.15, 0.2) is 5.82 Å². The molecule has 0 bridgehead atoms. The quantitative estimate of drug-likeness (QED) is 0.491. The van der Waals surface area contributed by atoms with E-state index >= 15 is 0 Å². The molecular formula is C24H26N6O4. The van der Waals surface area contributed by atoms with Crippen LogP contribution in [0.1, 0.15) is 25.2 Å². The van der Waals surface area contributed by atoms with Crippen molar-refractivity contribution in [2.45, 2.75) is 25.7 Å². The maximum atomic E-state index is 12.1. The van der Waals surface area contributed by atoms with Crippen LogP contribution >= 0.6 is 0 Å². The fourth-order valence-corrected chi connectivity index (χ4v) is 3.55. The molecule has 2 N–H and O–H groups in total. The van der Waals surface area contributed by atoms with Crippen molar-refractivity contribution in [2.75, 3.05) is 20.2 Å². The zero-order chi connectivity index (χ0) is 23.8. The molecule has 176 valence electrons. The Bertz CT molecular complexity index is 1150. The van der Waals surface area contributed by atoms with Crippen LogP contribution in [-0.4, -0.2) is 42.2 Å². The topological polar surface area (TPSA) is 131 Å². The summed E-state index contributed by atoms with van der Waals surface area (Å²) in [6.45, 7) is 1.24. The number of hydrogen-bond donors (Lipinski definition) is 2. The minimum atomic E-state index is -0.351. The van der Waals surface area contributed by atoms with E-state index in [1.807, 2.05) is 48.6 Å². The number of azo groups is 1.